The van der Waals surface area contributed by atoms with E-state index in [1.165, 1.54) is 24.3 Å². The van der Waals surface area contributed by atoms with Crippen molar-refractivity contribution < 1.29 is 13.6 Å². The van der Waals surface area contributed by atoms with E-state index in [1.807, 2.05) is 0 Å². The maximum absolute atomic E-state index is 13.9. The number of hydrogen-bond donors (Lipinski definition) is 0. The highest BCUT2D eigenvalue weighted by Crippen LogP contribution is 2.29. The SMILES string of the molecule is O=C(c1ccc(Cl)cc1F)c1ccc(Br)c(Cl)c1F. The van der Waals surface area contributed by atoms with Crippen molar-refractivity contribution in [1.82, 2.24) is 0 Å². The minimum atomic E-state index is -0.893. The first-order chi connectivity index (χ1) is 8.91. The van der Waals surface area contributed by atoms with E-state index in [1.54, 1.807) is 0 Å². The lowest BCUT2D eigenvalue weighted by molar-refractivity contribution is 0.103. The zero-order valence-corrected chi connectivity index (χ0v) is 12.3. The molecule has 0 saturated carbocycles. The van der Waals surface area contributed by atoms with Gasteiger partial charge in [0.15, 0.2) is 11.6 Å². The molecule has 2 aromatic rings. The van der Waals surface area contributed by atoms with Crippen molar-refractivity contribution >= 4 is 44.9 Å². The van der Waals surface area contributed by atoms with E-state index >= 15 is 0 Å². The van der Waals surface area contributed by atoms with Crippen molar-refractivity contribution in [3.8, 4) is 0 Å². The van der Waals surface area contributed by atoms with Crippen molar-refractivity contribution in [2.24, 2.45) is 0 Å². The maximum atomic E-state index is 13.9. The Bertz CT molecular complexity index is 674. The van der Waals surface area contributed by atoms with Gasteiger partial charge in [-0.05, 0) is 46.3 Å². The van der Waals surface area contributed by atoms with E-state index in [0.717, 1.165) is 6.07 Å². The molecule has 0 unspecified atom stereocenters. The van der Waals surface area contributed by atoms with Gasteiger partial charge >= 0.3 is 0 Å². The quantitative estimate of drug-likeness (QED) is 0.523. The summed E-state index contributed by atoms with van der Waals surface area (Å²) in [7, 11) is 0. The fourth-order valence-electron chi connectivity index (χ4n) is 1.52. The Morgan fingerprint density at radius 1 is 1.05 bits per heavy atom. The molecule has 1 nitrogen and oxygen atoms in total. The summed E-state index contributed by atoms with van der Waals surface area (Å²) in [6.07, 6.45) is 0. The molecule has 98 valence electrons. The van der Waals surface area contributed by atoms with Crippen LogP contribution in [0.15, 0.2) is 34.8 Å². The standard InChI is InChI=1S/C13H5BrCl2F2O/c14-9-4-3-8(12(18)11(9)16)13(19)7-2-1-6(15)5-10(7)17/h1-5H. The lowest BCUT2D eigenvalue weighted by atomic mass is 10.0. The second-order valence-electron chi connectivity index (χ2n) is 3.68. The minimum Gasteiger partial charge on any atom is -0.288 e. The average Bonchev–Trinajstić information content (AvgIpc) is 2.35. The van der Waals surface area contributed by atoms with Crippen molar-refractivity contribution in [2.75, 3.05) is 0 Å². The van der Waals surface area contributed by atoms with E-state index in [4.69, 9.17) is 23.2 Å². The Balaban J connectivity index is 2.53. The van der Waals surface area contributed by atoms with Crippen LogP contribution < -0.4 is 0 Å². The number of carbonyl (C=O) groups is 1. The summed E-state index contributed by atoms with van der Waals surface area (Å²) in [5, 5.41) is -0.0661. The zero-order chi connectivity index (χ0) is 14.2. The second kappa shape index (κ2) is 5.57. The molecule has 0 fully saturated rings. The molecule has 0 bridgehead atoms. The second-order valence-corrected chi connectivity index (χ2v) is 5.34. The fraction of sp³-hybridized carbons (Fsp3) is 0. The Morgan fingerprint density at radius 2 is 1.68 bits per heavy atom. The molecule has 0 heterocycles. The summed E-state index contributed by atoms with van der Waals surface area (Å²) >= 11 is 14.3. The van der Waals surface area contributed by atoms with Gasteiger partial charge in [-0.25, -0.2) is 8.78 Å². The molecule has 2 rings (SSSR count). The van der Waals surface area contributed by atoms with Crippen LogP contribution in [0.2, 0.25) is 10.0 Å². The summed E-state index contributed by atoms with van der Waals surface area (Å²) in [4.78, 5) is 12.1. The van der Waals surface area contributed by atoms with Gasteiger partial charge in [-0.15, -0.1) is 0 Å². The number of benzene rings is 2. The predicted octanol–water partition coefficient (Wildman–Crippen LogP) is 5.27. The van der Waals surface area contributed by atoms with Gasteiger partial charge in [-0.1, -0.05) is 23.2 Å². The van der Waals surface area contributed by atoms with Crippen LogP contribution in [0, 0.1) is 11.6 Å². The first kappa shape index (κ1) is 14.4. The smallest absolute Gasteiger partial charge is 0.198 e. The van der Waals surface area contributed by atoms with Crippen LogP contribution in [0.1, 0.15) is 15.9 Å². The molecule has 0 saturated heterocycles. The molecular weight excluding hydrogens is 361 g/mol. The first-order valence-corrected chi connectivity index (χ1v) is 6.60. The normalized spacial score (nSPS) is 10.6. The average molecular weight is 366 g/mol. The Labute approximate surface area is 126 Å². The van der Waals surface area contributed by atoms with E-state index < -0.39 is 17.4 Å². The molecule has 0 aliphatic heterocycles. The largest absolute Gasteiger partial charge is 0.288 e. The summed E-state index contributed by atoms with van der Waals surface area (Å²) in [5.74, 6) is -2.49. The molecule has 6 heteroatoms. The molecule has 0 spiro atoms. The monoisotopic (exact) mass is 364 g/mol. The van der Waals surface area contributed by atoms with Crippen molar-refractivity contribution in [3.63, 3.8) is 0 Å². The number of ketones is 1. The first-order valence-electron chi connectivity index (χ1n) is 5.05. The highest BCUT2D eigenvalue weighted by Gasteiger charge is 2.20. The number of halogens is 5. The third-order valence-corrected chi connectivity index (χ3v) is 3.95. The van der Waals surface area contributed by atoms with E-state index in [2.05, 4.69) is 15.9 Å². The van der Waals surface area contributed by atoms with Gasteiger partial charge in [-0.3, -0.25) is 4.79 Å². The minimum absolute atomic E-state index is 0.156. The Kier molecular flexibility index (Phi) is 4.23. The van der Waals surface area contributed by atoms with Gasteiger partial charge in [0.2, 0.25) is 0 Å². The maximum Gasteiger partial charge on any atom is 0.198 e. The highest BCUT2D eigenvalue weighted by molar-refractivity contribution is 9.10. The number of rotatable bonds is 2. The zero-order valence-electron chi connectivity index (χ0n) is 9.18. The van der Waals surface area contributed by atoms with Crippen molar-refractivity contribution in [2.45, 2.75) is 0 Å². The third-order valence-electron chi connectivity index (χ3n) is 2.46. The molecule has 0 amide bonds. The summed E-state index contributed by atoms with van der Waals surface area (Å²) in [6.45, 7) is 0. The molecule has 0 radical (unpaired) electrons. The van der Waals surface area contributed by atoms with Gasteiger partial charge in [0.05, 0.1) is 16.1 Å². The molecule has 0 aliphatic carbocycles. The molecule has 0 aromatic heterocycles. The van der Waals surface area contributed by atoms with Crippen LogP contribution in [0.5, 0.6) is 0 Å². The number of carbonyl (C=O) groups excluding carboxylic acids is 1. The molecule has 0 N–H and O–H groups in total. The van der Waals surface area contributed by atoms with Gasteiger partial charge in [0.25, 0.3) is 0 Å². The van der Waals surface area contributed by atoms with Crippen LogP contribution in [0.25, 0.3) is 0 Å². The molecule has 2 aromatic carbocycles. The van der Waals surface area contributed by atoms with Crippen LogP contribution in [-0.4, -0.2) is 5.78 Å². The van der Waals surface area contributed by atoms with Crippen LogP contribution in [-0.2, 0) is 0 Å². The molecular formula is C13H5BrCl2F2O. The summed E-state index contributed by atoms with van der Waals surface area (Å²) in [6, 6.07) is 6.22. The van der Waals surface area contributed by atoms with Gasteiger partial charge in [-0.2, -0.15) is 0 Å². The van der Waals surface area contributed by atoms with E-state index in [-0.39, 0.29) is 21.2 Å². The fourth-order valence-corrected chi connectivity index (χ4v) is 2.15. The summed E-state index contributed by atoms with van der Waals surface area (Å²) < 4.78 is 27.8. The lowest BCUT2D eigenvalue weighted by Gasteiger charge is -2.06. The van der Waals surface area contributed by atoms with Crippen LogP contribution in [0.4, 0.5) is 8.78 Å². The predicted molar refractivity (Wildman–Crippen MR) is 74.0 cm³/mol. The van der Waals surface area contributed by atoms with Crippen molar-refractivity contribution in [3.05, 3.63) is 67.6 Å². The summed E-state index contributed by atoms with van der Waals surface area (Å²) in [5.41, 5.74) is -0.559. The lowest BCUT2D eigenvalue weighted by Crippen LogP contribution is -2.07. The van der Waals surface area contributed by atoms with Crippen LogP contribution >= 0.6 is 39.1 Å². The molecule has 0 aliphatic rings. The van der Waals surface area contributed by atoms with Crippen molar-refractivity contribution in [1.29, 1.82) is 0 Å². The van der Waals surface area contributed by atoms with E-state index in [0.29, 0.717) is 4.47 Å². The molecule has 0 atom stereocenters. The van der Waals surface area contributed by atoms with Gasteiger partial charge in [0.1, 0.15) is 5.82 Å². The Hall–Kier alpha value is -0.970. The number of hydrogen-bond acceptors (Lipinski definition) is 1. The van der Waals surface area contributed by atoms with Gasteiger partial charge < -0.3 is 0 Å². The third kappa shape index (κ3) is 2.81. The molecule has 19 heavy (non-hydrogen) atoms. The Morgan fingerprint density at radius 3 is 2.32 bits per heavy atom. The topological polar surface area (TPSA) is 17.1 Å². The van der Waals surface area contributed by atoms with Crippen LogP contribution in [0.3, 0.4) is 0 Å². The van der Waals surface area contributed by atoms with Gasteiger partial charge in [0, 0.05) is 9.50 Å². The highest BCUT2D eigenvalue weighted by atomic mass is 79.9. The van der Waals surface area contributed by atoms with E-state index in [9.17, 15) is 13.6 Å².